The predicted molar refractivity (Wildman–Crippen MR) is 131 cm³/mol. The molecule has 0 bridgehead atoms. The minimum atomic E-state index is 0. The zero-order valence-electron chi connectivity index (χ0n) is 18.1. The molecule has 1 atom stereocenters. The molecule has 2 fully saturated rings. The molecule has 2 saturated heterocycles. The molecule has 0 aromatic heterocycles. The van der Waals surface area contributed by atoms with E-state index in [1.807, 2.05) is 37.4 Å². The van der Waals surface area contributed by atoms with Gasteiger partial charge in [0.15, 0.2) is 5.96 Å². The molecule has 2 aliphatic rings. The number of likely N-dealkylation sites (N-methyl/N-ethyl adjacent to an activating group) is 2. The van der Waals surface area contributed by atoms with Gasteiger partial charge in [-0.05, 0) is 26.2 Å². The zero-order chi connectivity index (χ0) is 19.8. The Hall–Kier alpha value is -1.10. The average Bonchev–Trinajstić information content (AvgIpc) is 2.73. The number of para-hydroxylation sites is 1. The molecule has 2 aliphatic heterocycles. The number of nitrogens with one attached hydrogen (secondary N) is 1. The van der Waals surface area contributed by atoms with Crippen LogP contribution in [-0.2, 0) is 0 Å². The van der Waals surface area contributed by atoms with Crippen molar-refractivity contribution in [2.75, 3.05) is 86.7 Å². The Morgan fingerprint density at radius 2 is 1.79 bits per heavy atom. The second kappa shape index (κ2) is 12.6. The summed E-state index contributed by atoms with van der Waals surface area (Å²) in [5.74, 6) is 1.98. The molecule has 0 radical (unpaired) electrons. The fraction of sp³-hybridized carbons (Fsp3) is 0.667. The van der Waals surface area contributed by atoms with Crippen molar-refractivity contribution in [3.05, 3.63) is 30.3 Å². The van der Waals surface area contributed by atoms with Gasteiger partial charge in [-0.2, -0.15) is 0 Å². The minimum Gasteiger partial charge on any atom is -0.492 e. The van der Waals surface area contributed by atoms with Crippen molar-refractivity contribution < 1.29 is 4.74 Å². The first-order valence-corrected chi connectivity index (χ1v) is 10.4. The second-order valence-corrected chi connectivity index (χ2v) is 7.81. The summed E-state index contributed by atoms with van der Waals surface area (Å²) in [6.07, 6.45) is 0. The standard InChI is InChI=1S/C21H36N6O.HI/c1-22-21(23-17-19-18-24(2)9-10-25(19)3)27-13-11-26(12-14-27)15-16-28-20-7-5-4-6-8-20;/h4-8,19H,9-18H2,1-3H3,(H,22,23);1H. The lowest BCUT2D eigenvalue weighted by atomic mass is 10.2. The Morgan fingerprint density at radius 3 is 2.48 bits per heavy atom. The lowest BCUT2D eigenvalue weighted by Crippen LogP contribution is -2.57. The van der Waals surface area contributed by atoms with E-state index in [0.717, 1.165) is 77.2 Å². The zero-order valence-corrected chi connectivity index (χ0v) is 20.4. The van der Waals surface area contributed by atoms with Crippen LogP contribution in [0.1, 0.15) is 0 Å². The van der Waals surface area contributed by atoms with Gasteiger partial charge in [-0.3, -0.25) is 14.8 Å². The van der Waals surface area contributed by atoms with Crippen molar-refractivity contribution in [3.8, 4) is 5.75 Å². The van der Waals surface area contributed by atoms with Crippen molar-refractivity contribution in [3.63, 3.8) is 0 Å². The summed E-state index contributed by atoms with van der Waals surface area (Å²) in [6.45, 7) is 10.1. The van der Waals surface area contributed by atoms with Crippen molar-refractivity contribution in [2.24, 2.45) is 4.99 Å². The van der Waals surface area contributed by atoms with Crippen LogP contribution >= 0.6 is 24.0 Å². The molecule has 1 unspecified atom stereocenters. The molecule has 2 heterocycles. The van der Waals surface area contributed by atoms with E-state index in [1.165, 1.54) is 0 Å². The van der Waals surface area contributed by atoms with Crippen LogP contribution in [0.4, 0.5) is 0 Å². The first-order chi connectivity index (χ1) is 13.7. The molecule has 3 rings (SSSR count). The molecule has 8 heteroatoms. The molecule has 0 amide bonds. The van der Waals surface area contributed by atoms with Crippen LogP contribution in [0.25, 0.3) is 0 Å². The predicted octanol–water partition coefficient (Wildman–Crippen LogP) is 1.12. The topological polar surface area (TPSA) is 46.6 Å². The third-order valence-electron chi connectivity index (χ3n) is 5.78. The molecule has 29 heavy (non-hydrogen) atoms. The van der Waals surface area contributed by atoms with Gasteiger partial charge in [0.2, 0.25) is 0 Å². The van der Waals surface area contributed by atoms with E-state index in [0.29, 0.717) is 6.04 Å². The van der Waals surface area contributed by atoms with Crippen LogP contribution in [0.5, 0.6) is 5.75 Å². The number of hydrogen-bond donors (Lipinski definition) is 1. The highest BCUT2D eigenvalue weighted by Gasteiger charge is 2.24. The first-order valence-electron chi connectivity index (χ1n) is 10.4. The van der Waals surface area contributed by atoms with E-state index in [4.69, 9.17) is 4.74 Å². The summed E-state index contributed by atoms with van der Waals surface area (Å²) in [4.78, 5) is 14.2. The van der Waals surface area contributed by atoms with Crippen LogP contribution in [-0.4, -0.2) is 118 Å². The molecule has 0 spiro atoms. The SMILES string of the molecule is CN=C(NCC1CN(C)CCN1C)N1CCN(CCOc2ccccc2)CC1.I. The largest absolute Gasteiger partial charge is 0.492 e. The summed E-state index contributed by atoms with van der Waals surface area (Å²) in [7, 11) is 6.31. The fourth-order valence-electron chi connectivity index (χ4n) is 3.86. The number of benzene rings is 1. The van der Waals surface area contributed by atoms with Crippen molar-refractivity contribution in [1.29, 1.82) is 0 Å². The van der Waals surface area contributed by atoms with E-state index < -0.39 is 0 Å². The quantitative estimate of drug-likeness (QED) is 0.348. The molecule has 1 N–H and O–H groups in total. The highest BCUT2D eigenvalue weighted by molar-refractivity contribution is 14.0. The van der Waals surface area contributed by atoms with Gasteiger partial charge in [0.25, 0.3) is 0 Å². The van der Waals surface area contributed by atoms with Gasteiger partial charge in [0, 0.05) is 72.0 Å². The van der Waals surface area contributed by atoms with Gasteiger partial charge in [-0.1, -0.05) is 18.2 Å². The molecular formula is C21H37IN6O. The molecule has 7 nitrogen and oxygen atoms in total. The molecule has 1 aromatic rings. The van der Waals surface area contributed by atoms with Gasteiger partial charge < -0.3 is 19.9 Å². The summed E-state index contributed by atoms with van der Waals surface area (Å²) in [5.41, 5.74) is 0. The number of piperazine rings is 2. The Bertz CT molecular complexity index is 608. The Balaban J connectivity index is 0.00000300. The fourth-order valence-corrected chi connectivity index (χ4v) is 3.86. The van der Waals surface area contributed by atoms with Gasteiger partial charge >= 0.3 is 0 Å². The van der Waals surface area contributed by atoms with Crippen LogP contribution in [0.15, 0.2) is 35.3 Å². The summed E-state index contributed by atoms with van der Waals surface area (Å²) < 4.78 is 5.83. The van der Waals surface area contributed by atoms with Gasteiger partial charge in [-0.15, -0.1) is 24.0 Å². The van der Waals surface area contributed by atoms with Crippen LogP contribution in [0, 0.1) is 0 Å². The van der Waals surface area contributed by atoms with Gasteiger partial charge in [0.1, 0.15) is 12.4 Å². The lowest BCUT2D eigenvalue weighted by molar-refractivity contribution is 0.115. The Morgan fingerprint density at radius 1 is 1.07 bits per heavy atom. The van der Waals surface area contributed by atoms with Gasteiger partial charge in [0.05, 0.1) is 0 Å². The summed E-state index contributed by atoms with van der Waals surface area (Å²) >= 11 is 0. The highest BCUT2D eigenvalue weighted by Crippen LogP contribution is 2.09. The van der Waals surface area contributed by atoms with Crippen LogP contribution < -0.4 is 10.1 Å². The smallest absolute Gasteiger partial charge is 0.193 e. The molecular weight excluding hydrogens is 479 g/mol. The number of aliphatic imine (C=N–C) groups is 1. The van der Waals surface area contributed by atoms with E-state index in [9.17, 15) is 0 Å². The van der Waals surface area contributed by atoms with Crippen molar-refractivity contribution in [1.82, 2.24) is 24.9 Å². The van der Waals surface area contributed by atoms with Crippen LogP contribution in [0.3, 0.4) is 0 Å². The number of nitrogens with zero attached hydrogens (tertiary/aromatic N) is 5. The normalized spacial score (nSPS) is 22.2. The van der Waals surface area contributed by atoms with Crippen molar-refractivity contribution in [2.45, 2.75) is 6.04 Å². The van der Waals surface area contributed by atoms with Crippen LogP contribution in [0.2, 0.25) is 0 Å². The van der Waals surface area contributed by atoms with Crippen molar-refractivity contribution >= 4 is 29.9 Å². The second-order valence-electron chi connectivity index (χ2n) is 7.81. The maximum absolute atomic E-state index is 5.83. The average molecular weight is 516 g/mol. The number of guanidine groups is 1. The summed E-state index contributed by atoms with van der Waals surface area (Å²) in [6, 6.07) is 10.6. The number of rotatable bonds is 6. The lowest BCUT2D eigenvalue weighted by Gasteiger charge is -2.40. The molecule has 1 aromatic carbocycles. The number of ether oxygens (including phenoxy) is 1. The third kappa shape index (κ3) is 7.58. The highest BCUT2D eigenvalue weighted by atomic mass is 127. The first kappa shape index (κ1) is 24.2. The number of hydrogen-bond acceptors (Lipinski definition) is 5. The number of halogens is 1. The maximum Gasteiger partial charge on any atom is 0.193 e. The summed E-state index contributed by atoms with van der Waals surface area (Å²) in [5, 5.41) is 3.60. The van der Waals surface area contributed by atoms with E-state index in [-0.39, 0.29) is 24.0 Å². The van der Waals surface area contributed by atoms with Gasteiger partial charge in [-0.25, -0.2) is 0 Å². The molecule has 0 saturated carbocycles. The monoisotopic (exact) mass is 516 g/mol. The Kier molecular flexibility index (Phi) is 10.5. The molecule has 0 aliphatic carbocycles. The molecule has 164 valence electrons. The van der Waals surface area contributed by atoms with E-state index in [1.54, 1.807) is 0 Å². The van der Waals surface area contributed by atoms with E-state index >= 15 is 0 Å². The minimum absolute atomic E-state index is 0. The Labute approximate surface area is 193 Å². The maximum atomic E-state index is 5.83. The third-order valence-corrected chi connectivity index (χ3v) is 5.78. The van der Waals surface area contributed by atoms with E-state index in [2.05, 4.69) is 44.0 Å².